The molecule has 2 rings (SSSR count). The minimum absolute atomic E-state index is 0.0898. The Bertz CT molecular complexity index is 440. The molecule has 0 aromatic carbocycles. The Morgan fingerprint density at radius 2 is 2.23 bits per heavy atom. The van der Waals surface area contributed by atoms with Crippen LogP contribution in [-0.2, 0) is 0 Å². The standard InChI is InChI=1S/C8H10N4O/c1-10(2)8(13)12-5-3-7-9-4-6-11(7)12/h3-6H,1-2H3. The van der Waals surface area contributed by atoms with E-state index < -0.39 is 0 Å². The third-order valence-corrected chi connectivity index (χ3v) is 1.82. The van der Waals surface area contributed by atoms with Gasteiger partial charge in [0.1, 0.15) is 0 Å². The Labute approximate surface area is 75.2 Å². The van der Waals surface area contributed by atoms with Gasteiger partial charge in [-0.3, -0.25) is 0 Å². The number of nitrogens with zero attached hydrogens (tertiary/aromatic N) is 4. The van der Waals surface area contributed by atoms with Gasteiger partial charge < -0.3 is 4.90 Å². The topological polar surface area (TPSA) is 42.5 Å². The first-order valence-corrected chi connectivity index (χ1v) is 3.92. The lowest BCUT2D eigenvalue weighted by Gasteiger charge is -2.10. The molecule has 0 N–H and O–H groups in total. The van der Waals surface area contributed by atoms with Gasteiger partial charge in [-0.25, -0.2) is 19.0 Å². The number of hydrogen-bond donors (Lipinski definition) is 0. The third-order valence-electron chi connectivity index (χ3n) is 1.82. The van der Waals surface area contributed by atoms with Crippen molar-refractivity contribution in [1.82, 2.24) is 19.1 Å². The van der Waals surface area contributed by atoms with Gasteiger partial charge in [-0.1, -0.05) is 0 Å². The molecule has 0 fully saturated rings. The highest BCUT2D eigenvalue weighted by Gasteiger charge is 2.09. The zero-order chi connectivity index (χ0) is 9.42. The van der Waals surface area contributed by atoms with Crippen molar-refractivity contribution in [1.29, 1.82) is 0 Å². The van der Waals surface area contributed by atoms with E-state index in [1.165, 1.54) is 9.58 Å². The number of hydrogen-bond acceptors (Lipinski definition) is 2. The maximum Gasteiger partial charge on any atom is 0.342 e. The first kappa shape index (κ1) is 7.85. The Kier molecular flexibility index (Phi) is 1.58. The molecule has 0 saturated heterocycles. The number of imidazole rings is 1. The van der Waals surface area contributed by atoms with Gasteiger partial charge in [0.25, 0.3) is 0 Å². The molecule has 0 aliphatic rings. The van der Waals surface area contributed by atoms with Crippen LogP contribution in [0.1, 0.15) is 0 Å². The maximum absolute atomic E-state index is 11.6. The van der Waals surface area contributed by atoms with E-state index in [-0.39, 0.29) is 6.03 Å². The molecule has 13 heavy (non-hydrogen) atoms. The molecule has 0 atom stereocenters. The molecule has 0 bridgehead atoms. The van der Waals surface area contributed by atoms with Crippen molar-refractivity contribution in [2.75, 3.05) is 14.1 Å². The molecule has 68 valence electrons. The van der Waals surface area contributed by atoms with Gasteiger partial charge in [0.2, 0.25) is 0 Å². The predicted molar refractivity (Wildman–Crippen MR) is 47.7 cm³/mol. The van der Waals surface area contributed by atoms with E-state index in [0.29, 0.717) is 0 Å². The van der Waals surface area contributed by atoms with E-state index in [2.05, 4.69) is 4.98 Å². The Morgan fingerprint density at radius 1 is 1.46 bits per heavy atom. The number of rotatable bonds is 0. The molecule has 2 aromatic heterocycles. The molecule has 2 aromatic rings. The summed E-state index contributed by atoms with van der Waals surface area (Å²) in [6, 6.07) is 1.70. The van der Waals surface area contributed by atoms with Crippen molar-refractivity contribution in [3.05, 3.63) is 24.7 Å². The SMILES string of the molecule is CN(C)C(=O)n1ccc2nccn21. The summed E-state index contributed by atoms with van der Waals surface area (Å²) in [6.45, 7) is 0. The predicted octanol–water partition coefficient (Wildman–Crippen LogP) is 0.665. The molecule has 1 amide bonds. The van der Waals surface area contributed by atoms with Crippen LogP contribution in [0.15, 0.2) is 24.7 Å². The minimum atomic E-state index is -0.0898. The van der Waals surface area contributed by atoms with Crippen LogP contribution in [0.25, 0.3) is 5.65 Å². The van der Waals surface area contributed by atoms with Crippen molar-refractivity contribution in [3.8, 4) is 0 Å². The molecule has 0 aliphatic carbocycles. The van der Waals surface area contributed by atoms with E-state index in [9.17, 15) is 4.79 Å². The second-order valence-corrected chi connectivity index (χ2v) is 2.97. The van der Waals surface area contributed by atoms with Gasteiger partial charge in [0.15, 0.2) is 5.65 Å². The van der Waals surface area contributed by atoms with Gasteiger partial charge in [-0.2, -0.15) is 0 Å². The van der Waals surface area contributed by atoms with Crippen molar-refractivity contribution in [2.45, 2.75) is 0 Å². The summed E-state index contributed by atoms with van der Waals surface area (Å²) in [5.41, 5.74) is 0.773. The van der Waals surface area contributed by atoms with Gasteiger partial charge in [0, 0.05) is 38.8 Å². The van der Waals surface area contributed by atoms with Crippen molar-refractivity contribution < 1.29 is 4.79 Å². The van der Waals surface area contributed by atoms with Gasteiger partial charge in [0.05, 0.1) is 0 Å². The summed E-state index contributed by atoms with van der Waals surface area (Å²) in [6.07, 6.45) is 5.11. The first-order chi connectivity index (χ1) is 6.20. The maximum atomic E-state index is 11.6. The molecule has 2 heterocycles. The Morgan fingerprint density at radius 3 is 2.92 bits per heavy atom. The first-order valence-electron chi connectivity index (χ1n) is 3.92. The molecule has 5 nitrogen and oxygen atoms in total. The van der Waals surface area contributed by atoms with Crippen LogP contribution in [-0.4, -0.2) is 39.2 Å². The number of amides is 1. The number of fused-ring (bicyclic) bond motifs is 1. The normalized spacial score (nSPS) is 10.6. The molecular formula is C8H10N4O. The van der Waals surface area contributed by atoms with Crippen LogP contribution in [0.5, 0.6) is 0 Å². The van der Waals surface area contributed by atoms with E-state index >= 15 is 0 Å². The summed E-state index contributed by atoms with van der Waals surface area (Å²) < 4.78 is 3.20. The number of aromatic nitrogens is 3. The summed E-state index contributed by atoms with van der Waals surface area (Å²) in [5.74, 6) is 0. The second-order valence-electron chi connectivity index (χ2n) is 2.97. The van der Waals surface area contributed by atoms with Crippen LogP contribution in [0.4, 0.5) is 4.79 Å². The van der Waals surface area contributed by atoms with E-state index in [1.807, 2.05) is 0 Å². The van der Waals surface area contributed by atoms with Gasteiger partial charge in [-0.15, -0.1) is 0 Å². The fraction of sp³-hybridized carbons (Fsp3) is 0.250. The molecule has 0 aliphatic heterocycles. The number of carbonyl (C=O) groups is 1. The Balaban J connectivity index is 2.54. The molecule has 0 radical (unpaired) electrons. The van der Waals surface area contributed by atoms with Crippen LogP contribution < -0.4 is 0 Å². The molecule has 0 saturated carbocycles. The van der Waals surface area contributed by atoms with Gasteiger partial charge >= 0.3 is 6.03 Å². The lowest BCUT2D eigenvalue weighted by Crippen LogP contribution is -2.28. The van der Waals surface area contributed by atoms with Crippen LogP contribution in [0, 0.1) is 0 Å². The smallest absolute Gasteiger partial charge is 0.329 e. The molecule has 5 heteroatoms. The third kappa shape index (κ3) is 1.09. The zero-order valence-corrected chi connectivity index (χ0v) is 7.51. The van der Waals surface area contributed by atoms with Crippen LogP contribution in [0.3, 0.4) is 0 Å². The van der Waals surface area contributed by atoms with Crippen molar-refractivity contribution in [3.63, 3.8) is 0 Å². The monoisotopic (exact) mass is 178 g/mol. The highest BCUT2D eigenvalue weighted by atomic mass is 16.2. The zero-order valence-electron chi connectivity index (χ0n) is 7.51. The average molecular weight is 178 g/mol. The van der Waals surface area contributed by atoms with Crippen LogP contribution in [0.2, 0.25) is 0 Å². The fourth-order valence-electron chi connectivity index (χ4n) is 1.18. The fourth-order valence-corrected chi connectivity index (χ4v) is 1.18. The van der Waals surface area contributed by atoms with E-state index in [0.717, 1.165) is 5.65 Å². The van der Waals surface area contributed by atoms with Gasteiger partial charge in [-0.05, 0) is 0 Å². The second kappa shape index (κ2) is 2.62. The molecular weight excluding hydrogens is 168 g/mol. The Hall–Kier alpha value is -1.78. The quantitative estimate of drug-likeness (QED) is 0.595. The van der Waals surface area contributed by atoms with E-state index in [1.54, 1.807) is 43.3 Å². The largest absolute Gasteiger partial charge is 0.342 e. The average Bonchev–Trinajstić information content (AvgIpc) is 2.61. The van der Waals surface area contributed by atoms with E-state index in [4.69, 9.17) is 0 Å². The van der Waals surface area contributed by atoms with Crippen LogP contribution >= 0.6 is 0 Å². The highest BCUT2D eigenvalue weighted by molar-refractivity contribution is 5.76. The highest BCUT2D eigenvalue weighted by Crippen LogP contribution is 2.02. The summed E-state index contributed by atoms with van der Waals surface area (Å²) in [5, 5.41) is 0. The molecule has 0 spiro atoms. The summed E-state index contributed by atoms with van der Waals surface area (Å²) in [4.78, 5) is 17.1. The van der Waals surface area contributed by atoms with Crippen molar-refractivity contribution in [2.24, 2.45) is 0 Å². The number of carbonyl (C=O) groups excluding carboxylic acids is 1. The summed E-state index contributed by atoms with van der Waals surface area (Å²) >= 11 is 0. The molecule has 0 unspecified atom stereocenters. The lowest BCUT2D eigenvalue weighted by atomic mass is 10.7. The van der Waals surface area contributed by atoms with Crippen molar-refractivity contribution >= 4 is 11.7 Å². The summed E-state index contributed by atoms with van der Waals surface area (Å²) in [7, 11) is 3.43. The minimum Gasteiger partial charge on any atom is -0.329 e. The lowest BCUT2D eigenvalue weighted by molar-refractivity contribution is 0.214.